The summed E-state index contributed by atoms with van der Waals surface area (Å²) in [6.45, 7) is 7.24. The number of aromatic nitrogens is 4. The van der Waals surface area contributed by atoms with Crippen LogP contribution in [0.3, 0.4) is 0 Å². The highest BCUT2D eigenvalue weighted by Crippen LogP contribution is 2.25. The number of para-hydroxylation sites is 1. The molecule has 3 rings (SSSR count). The molecule has 1 amide bonds. The van der Waals surface area contributed by atoms with Gasteiger partial charge in [-0.05, 0) is 30.7 Å². The molecule has 172 valence electrons. The maximum Gasteiger partial charge on any atom is 0.330 e. The van der Waals surface area contributed by atoms with Gasteiger partial charge in [-0.25, -0.2) is 9.78 Å². The van der Waals surface area contributed by atoms with E-state index in [9.17, 15) is 14.4 Å². The number of H-pyrrole nitrogens is 1. The summed E-state index contributed by atoms with van der Waals surface area (Å²) in [5, 5.41) is 2.97. The standard InChI is InChI=1S/C23H31N5O3S/c1-5-6-13-27-21-20(22(30)26-23(27)31)28(14-15(2)3)18(25-21)11-12-19(29)24-16-9-7-8-10-17(16)32-4/h7-10,15H,5-6,11-14H2,1-4H3,(H,24,29)(H,26,30,31). The molecule has 0 saturated carbocycles. The molecule has 0 saturated heterocycles. The molecule has 8 nitrogen and oxygen atoms in total. The van der Waals surface area contributed by atoms with Gasteiger partial charge in [-0.15, -0.1) is 11.8 Å². The van der Waals surface area contributed by atoms with Crippen LogP contribution in [0.15, 0.2) is 38.8 Å². The monoisotopic (exact) mass is 457 g/mol. The molecule has 2 heterocycles. The first-order chi connectivity index (χ1) is 15.3. The highest BCUT2D eigenvalue weighted by atomic mass is 32.2. The summed E-state index contributed by atoms with van der Waals surface area (Å²) in [6, 6.07) is 7.67. The molecule has 0 aliphatic carbocycles. The number of rotatable bonds is 10. The van der Waals surface area contributed by atoms with Crippen LogP contribution in [-0.4, -0.2) is 31.3 Å². The Labute approximate surface area is 191 Å². The van der Waals surface area contributed by atoms with Gasteiger partial charge in [-0.2, -0.15) is 0 Å². The van der Waals surface area contributed by atoms with Gasteiger partial charge in [0.1, 0.15) is 5.82 Å². The third kappa shape index (κ3) is 5.32. The zero-order valence-corrected chi connectivity index (χ0v) is 19.9. The lowest BCUT2D eigenvalue weighted by molar-refractivity contribution is -0.116. The summed E-state index contributed by atoms with van der Waals surface area (Å²) in [6.07, 6.45) is 4.29. The summed E-state index contributed by atoms with van der Waals surface area (Å²) < 4.78 is 3.40. The zero-order chi connectivity index (χ0) is 23.3. The fourth-order valence-corrected chi connectivity index (χ4v) is 4.23. The van der Waals surface area contributed by atoms with Crippen molar-refractivity contribution in [1.29, 1.82) is 0 Å². The second kappa shape index (κ2) is 10.7. The summed E-state index contributed by atoms with van der Waals surface area (Å²) in [7, 11) is 0. The second-order valence-corrected chi connectivity index (χ2v) is 9.07. The van der Waals surface area contributed by atoms with Gasteiger partial charge in [0.05, 0.1) is 5.69 Å². The minimum Gasteiger partial charge on any atom is -0.325 e. The van der Waals surface area contributed by atoms with Crippen molar-refractivity contribution in [3.05, 3.63) is 50.9 Å². The molecule has 0 aliphatic rings. The SMILES string of the molecule is CCCCn1c(=O)[nH]c(=O)c2c1nc(CCC(=O)Nc1ccccc1SC)n2CC(C)C. The Morgan fingerprint density at radius 1 is 1.22 bits per heavy atom. The smallest absolute Gasteiger partial charge is 0.325 e. The molecule has 0 bridgehead atoms. The Kier molecular flexibility index (Phi) is 7.95. The molecule has 3 aromatic rings. The second-order valence-electron chi connectivity index (χ2n) is 8.22. The van der Waals surface area contributed by atoms with Crippen molar-refractivity contribution in [1.82, 2.24) is 19.1 Å². The molecule has 1 aromatic carbocycles. The first-order valence-corrected chi connectivity index (χ1v) is 12.2. The quantitative estimate of drug-likeness (QED) is 0.453. The largest absolute Gasteiger partial charge is 0.330 e. The van der Waals surface area contributed by atoms with E-state index in [0.29, 0.717) is 36.5 Å². The molecule has 0 aliphatic heterocycles. The molecule has 0 unspecified atom stereocenters. The van der Waals surface area contributed by atoms with Crippen LogP contribution in [-0.2, 0) is 24.3 Å². The van der Waals surface area contributed by atoms with Crippen molar-refractivity contribution in [2.75, 3.05) is 11.6 Å². The van der Waals surface area contributed by atoms with Gasteiger partial charge in [0.2, 0.25) is 5.91 Å². The molecule has 0 atom stereocenters. The molecule has 2 N–H and O–H groups in total. The number of fused-ring (bicyclic) bond motifs is 1. The number of carbonyl (C=O) groups is 1. The predicted molar refractivity (Wildman–Crippen MR) is 130 cm³/mol. The normalized spacial score (nSPS) is 11.4. The van der Waals surface area contributed by atoms with Crippen molar-refractivity contribution >= 4 is 34.5 Å². The van der Waals surface area contributed by atoms with E-state index >= 15 is 0 Å². The zero-order valence-electron chi connectivity index (χ0n) is 19.1. The molecular formula is C23H31N5O3S. The van der Waals surface area contributed by atoms with E-state index in [-0.39, 0.29) is 18.2 Å². The minimum atomic E-state index is -0.442. The lowest BCUT2D eigenvalue weighted by Crippen LogP contribution is -2.31. The van der Waals surface area contributed by atoms with E-state index in [1.165, 1.54) is 4.57 Å². The number of amides is 1. The molecule has 0 fully saturated rings. The fraction of sp³-hybridized carbons (Fsp3) is 0.478. The van der Waals surface area contributed by atoms with Gasteiger partial charge in [0.15, 0.2) is 11.2 Å². The van der Waals surface area contributed by atoms with Crippen LogP contribution in [0, 0.1) is 5.92 Å². The molecular weight excluding hydrogens is 426 g/mol. The highest BCUT2D eigenvalue weighted by Gasteiger charge is 2.20. The number of nitrogens with one attached hydrogen (secondary N) is 2. The van der Waals surface area contributed by atoms with Crippen molar-refractivity contribution in [3.63, 3.8) is 0 Å². The number of hydrogen-bond acceptors (Lipinski definition) is 5. The van der Waals surface area contributed by atoms with Gasteiger partial charge in [0, 0.05) is 30.8 Å². The summed E-state index contributed by atoms with van der Waals surface area (Å²) >= 11 is 1.57. The van der Waals surface area contributed by atoms with Crippen LogP contribution >= 0.6 is 11.8 Å². The number of anilines is 1. The van der Waals surface area contributed by atoms with E-state index < -0.39 is 11.2 Å². The number of aryl methyl sites for hydroxylation is 2. The average molecular weight is 458 g/mol. The number of aromatic amines is 1. The van der Waals surface area contributed by atoms with E-state index in [0.717, 1.165) is 23.4 Å². The number of nitrogens with zero attached hydrogens (tertiary/aromatic N) is 3. The Hall–Kier alpha value is -2.81. The average Bonchev–Trinajstić information content (AvgIpc) is 3.10. The Bertz CT molecular complexity index is 1210. The van der Waals surface area contributed by atoms with E-state index in [1.54, 1.807) is 11.8 Å². The van der Waals surface area contributed by atoms with Crippen molar-refractivity contribution in [2.45, 2.75) is 64.4 Å². The Morgan fingerprint density at radius 3 is 2.66 bits per heavy atom. The maximum absolute atomic E-state index is 12.7. The number of unbranched alkanes of at least 4 members (excludes halogenated alkanes) is 1. The van der Waals surface area contributed by atoms with E-state index in [2.05, 4.69) is 29.1 Å². The van der Waals surface area contributed by atoms with Crippen LogP contribution in [0.5, 0.6) is 0 Å². The number of thioether (sulfide) groups is 1. The Morgan fingerprint density at radius 2 is 1.97 bits per heavy atom. The fourth-order valence-electron chi connectivity index (χ4n) is 3.68. The van der Waals surface area contributed by atoms with Crippen molar-refractivity contribution < 1.29 is 4.79 Å². The van der Waals surface area contributed by atoms with Crippen LogP contribution in [0.2, 0.25) is 0 Å². The van der Waals surface area contributed by atoms with Crippen LogP contribution in [0.4, 0.5) is 5.69 Å². The molecule has 9 heteroatoms. The van der Waals surface area contributed by atoms with E-state index in [1.807, 2.05) is 42.0 Å². The Balaban J connectivity index is 1.92. The topological polar surface area (TPSA) is 102 Å². The maximum atomic E-state index is 12.7. The van der Waals surface area contributed by atoms with Crippen LogP contribution in [0.25, 0.3) is 11.2 Å². The lowest BCUT2D eigenvalue weighted by atomic mass is 10.2. The first-order valence-electron chi connectivity index (χ1n) is 11.0. The summed E-state index contributed by atoms with van der Waals surface area (Å²) in [4.78, 5) is 45.9. The highest BCUT2D eigenvalue weighted by molar-refractivity contribution is 7.98. The van der Waals surface area contributed by atoms with Crippen molar-refractivity contribution in [2.24, 2.45) is 5.92 Å². The van der Waals surface area contributed by atoms with Gasteiger partial charge in [-0.1, -0.05) is 39.3 Å². The van der Waals surface area contributed by atoms with Crippen LogP contribution in [0.1, 0.15) is 45.9 Å². The predicted octanol–water partition coefficient (Wildman–Crippen LogP) is 3.64. The van der Waals surface area contributed by atoms with Gasteiger partial charge < -0.3 is 9.88 Å². The van der Waals surface area contributed by atoms with E-state index in [4.69, 9.17) is 0 Å². The number of imidazole rings is 1. The van der Waals surface area contributed by atoms with Crippen molar-refractivity contribution in [3.8, 4) is 0 Å². The van der Waals surface area contributed by atoms with Gasteiger partial charge in [0.25, 0.3) is 5.56 Å². The third-order valence-electron chi connectivity index (χ3n) is 5.20. The molecule has 0 spiro atoms. The number of benzene rings is 1. The van der Waals surface area contributed by atoms with Gasteiger partial charge >= 0.3 is 5.69 Å². The number of carbonyl (C=O) groups excluding carboxylic acids is 1. The number of hydrogen-bond donors (Lipinski definition) is 2. The first kappa shape index (κ1) is 23.8. The van der Waals surface area contributed by atoms with Crippen LogP contribution < -0.4 is 16.6 Å². The third-order valence-corrected chi connectivity index (χ3v) is 6.00. The minimum absolute atomic E-state index is 0.119. The summed E-state index contributed by atoms with van der Waals surface area (Å²) in [5.74, 6) is 0.791. The van der Waals surface area contributed by atoms with Gasteiger partial charge in [-0.3, -0.25) is 19.1 Å². The molecule has 32 heavy (non-hydrogen) atoms. The molecule has 0 radical (unpaired) electrons. The summed E-state index contributed by atoms with van der Waals surface area (Å²) in [5.41, 5.74) is 0.706. The lowest BCUT2D eigenvalue weighted by Gasteiger charge is -2.12. The molecule has 2 aromatic heterocycles.